The number of hydrogen-bond acceptors (Lipinski definition) is 19. The number of ether oxygens (including phenoxy) is 1. The van der Waals surface area contributed by atoms with Gasteiger partial charge in [0.15, 0.2) is 5.96 Å². The highest BCUT2D eigenvalue weighted by atomic mass is 79.9. The minimum Gasteiger partial charge on any atom is -0.481 e. The number of aromatic nitrogens is 6. The molecule has 4 N–H and O–H groups in total. The summed E-state index contributed by atoms with van der Waals surface area (Å²) in [6.45, 7) is 3.64. The standard InChI is InChI=1S/C15H14BrN5O3.C15H12BrN5O2.C11H10BrN5.C4H4O3/c16-13-9(1-2-10-14(13)18-6-5-17-10)20-15-19-7-8-21(15)11(22)3-4-12(23)24;16-13-10(2-1-9-14(13)18-6-5-17-9)21-12(23)4-3-11(22)20-8-7-19-15(20)21;12-9-7(17-11-15-5-6-16-11)1-2-8-10(9)14-4-3-13-8;5-3-1-2-4(6)7-3/h1-2,5-6H,3-4,7-8H2,(H,19,20)(H,23,24);1-2,5-6H,3-4,7-8H2;1-4H,5-6H2,(H2,15,16,17);1-2H2. The summed E-state index contributed by atoms with van der Waals surface area (Å²) in [4.78, 5) is 111. The summed E-state index contributed by atoms with van der Waals surface area (Å²) in [6, 6.07) is 11.1. The number of cyclic esters (lactones) is 2. The number of carboxylic acids is 1. The Kier molecular flexibility index (Phi) is 16.2. The maximum Gasteiger partial charge on any atom is 0.314 e. The van der Waals surface area contributed by atoms with Crippen molar-refractivity contribution in [3.05, 3.63) is 87.0 Å². The number of nitrogens with zero attached hydrogens (tertiary/aromatic N) is 12. The molecule has 5 aliphatic rings. The van der Waals surface area contributed by atoms with Gasteiger partial charge in [0.05, 0.1) is 85.9 Å². The monoisotopic (exact) mass is 1160 g/mol. The Morgan fingerprint density at radius 1 is 0.620 bits per heavy atom. The molecule has 0 spiro atoms. The molecule has 0 aliphatic carbocycles. The summed E-state index contributed by atoms with van der Waals surface area (Å²) < 4.78 is 6.38. The van der Waals surface area contributed by atoms with E-state index >= 15 is 0 Å². The van der Waals surface area contributed by atoms with Crippen LogP contribution in [-0.4, -0.2) is 138 Å². The molecule has 0 bridgehead atoms. The fourth-order valence-corrected chi connectivity index (χ4v) is 9.04. The summed E-state index contributed by atoms with van der Waals surface area (Å²) >= 11 is 10.6. The molecule has 3 aromatic carbocycles. The number of halogens is 3. The van der Waals surface area contributed by atoms with E-state index in [-0.39, 0.29) is 56.2 Å². The zero-order valence-electron chi connectivity index (χ0n) is 37.2. The molecule has 5 aliphatic heterocycles. The number of carbonyl (C=O) groups excluding carboxylic acids is 5. The number of anilines is 3. The second kappa shape index (κ2) is 23.0. The molecular weight excluding hydrogens is 1120 g/mol. The number of aliphatic imine (C=N–C) groups is 3. The SMILES string of the molecule is Brc1c(NC2=NCCN2)ccc2nccnc12.O=C(O)CCC(=O)N1CCN=C1Nc1ccc2nccnc2c1Br.O=C1CCC(=O)N(c2ccc3nccnc3c2Br)C2=NCCN12.O=C1CCC(=O)O1. The van der Waals surface area contributed by atoms with Gasteiger partial charge in [-0.15, -0.1) is 0 Å². The van der Waals surface area contributed by atoms with E-state index in [1.807, 2.05) is 30.3 Å². The lowest BCUT2D eigenvalue weighted by Crippen LogP contribution is -2.45. The number of guanidine groups is 3. The maximum atomic E-state index is 12.6. The zero-order chi connectivity index (χ0) is 50.0. The molecule has 364 valence electrons. The van der Waals surface area contributed by atoms with E-state index in [0.29, 0.717) is 65.0 Å². The molecule has 6 aromatic rings. The quantitative estimate of drug-likeness (QED) is 0.123. The first kappa shape index (κ1) is 50.0. The van der Waals surface area contributed by atoms with Gasteiger partial charge >= 0.3 is 17.9 Å². The normalized spacial score (nSPS) is 16.0. The molecule has 3 aromatic heterocycles. The van der Waals surface area contributed by atoms with Gasteiger partial charge in [0, 0.05) is 76.1 Å². The summed E-state index contributed by atoms with van der Waals surface area (Å²) in [5.74, 6) is -0.651. The largest absolute Gasteiger partial charge is 0.481 e. The van der Waals surface area contributed by atoms with Gasteiger partial charge in [-0.25, -0.2) is 4.90 Å². The van der Waals surface area contributed by atoms with Gasteiger partial charge in [0.1, 0.15) is 16.6 Å². The Bertz CT molecular complexity index is 3180. The number of aliphatic carboxylic acids is 1. The smallest absolute Gasteiger partial charge is 0.314 e. The van der Waals surface area contributed by atoms with Crippen LogP contribution in [0.15, 0.2) is 102 Å². The number of benzene rings is 3. The minimum atomic E-state index is -0.996. The number of fused-ring (bicyclic) bond motifs is 4. The van der Waals surface area contributed by atoms with E-state index in [9.17, 15) is 28.8 Å². The zero-order valence-corrected chi connectivity index (χ0v) is 42.0. The second-order valence-corrected chi connectivity index (χ2v) is 17.8. The first-order chi connectivity index (χ1) is 34.4. The lowest BCUT2D eigenvalue weighted by molar-refractivity contribution is -0.152. The Hall–Kier alpha value is -7.45. The van der Waals surface area contributed by atoms with Crippen LogP contribution in [0.25, 0.3) is 33.1 Å². The number of amides is 3. The highest BCUT2D eigenvalue weighted by Gasteiger charge is 2.37. The molecule has 3 amide bonds. The number of hydrogen-bond donors (Lipinski definition) is 4. The van der Waals surface area contributed by atoms with Gasteiger partial charge < -0.3 is 25.8 Å². The summed E-state index contributed by atoms with van der Waals surface area (Å²) in [6.07, 6.45) is 10.5. The van der Waals surface area contributed by atoms with E-state index in [1.54, 1.807) is 48.1 Å². The van der Waals surface area contributed by atoms with Crippen LogP contribution >= 0.6 is 47.8 Å². The van der Waals surface area contributed by atoms with Crippen molar-refractivity contribution in [3.63, 3.8) is 0 Å². The fraction of sp³-hybridized carbons (Fsp3) is 0.267. The predicted molar refractivity (Wildman–Crippen MR) is 271 cm³/mol. The summed E-state index contributed by atoms with van der Waals surface area (Å²) in [5, 5.41) is 18.2. The summed E-state index contributed by atoms with van der Waals surface area (Å²) in [7, 11) is 0. The highest BCUT2D eigenvalue weighted by Crippen LogP contribution is 2.35. The van der Waals surface area contributed by atoms with Crippen LogP contribution in [0.4, 0.5) is 17.1 Å². The topological polar surface area (TPSA) is 292 Å². The molecule has 0 atom stereocenters. The second-order valence-electron chi connectivity index (χ2n) is 15.4. The van der Waals surface area contributed by atoms with E-state index in [0.717, 1.165) is 55.7 Å². The molecule has 23 nitrogen and oxygen atoms in total. The minimum absolute atomic E-state index is 0.0552. The van der Waals surface area contributed by atoms with Crippen molar-refractivity contribution in [2.75, 3.05) is 54.8 Å². The van der Waals surface area contributed by atoms with Gasteiger partial charge in [0.2, 0.25) is 29.6 Å². The third-order valence-corrected chi connectivity index (χ3v) is 13.1. The van der Waals surface area contributed by atoms with Crippen LogP contribution in [0, 0.1) is 0 Å². The Morgan fingerprint density at radius 3 is 1.73 bits per heavy atom. The van der Waals surface area contributed by atoms with Gasteiger partial charge in [-0.1, -0.05) is 0 Å². The molecule has 2 fully saturated rings. The van der Waals surface area contributed by atoms with E-state index in [4.69, 9.17) is 5.11 Å². The molecule has 26 heteroatoms. The molecule has 71 heavy (non-hydrogen) atoms. The molecular formula is C45H40Br3N15O8. The molecule has 11 rings (SSSR count). The Balaban J connectivity index is 0.000000135. The van der Waals surface area contributed by atoms with Crippen LogP contribution in [0.1, 0.15) is 38.5 Å². The van der Waals surface area contributed by atoms with E-state index < -0.39 is 17.9 Å². The third kappa shape index (κ3) is 11.9. The molecule has 8 heterocycles. The van der Waals surface area contributed by atoms with Crippen molar-refractivity contribution in [1.29, 1.82) is 0 Å². The lowest BCUT2D eigenvalue weighted by Gasteiger charge is -2.26. The van der Waals surface area contributed by atoms with Crippen LogP contribution in [-0.2, 0) is 33.5 Å². The first-order valence-corrected chi connectivity index (χ1v) is 24.2. The molecule has 2 saturated heterocycles. The number of nitrogens with one attached hydrogen (secondary N) is 3. The molecule has 0 radical (unpaired) electrons. The van der Waals surface area contributed by atoms with E-state index in [1.165, 1.54) is 9.80 Å². The Morgan fingerprint density at radius 2 is 1.17 bits per heavy atom. The van der Waals surface area contributed by atoms with Crippen LogP contribution < -0.4 is 20.9 Å². The maximum absolute atomic E-state index is 12.6. The van der Waals surface area contributed by atoms with Crippen molar-refractivity contribution < 1.29 is 38.6 Å². The van der Waals surface area contributed by atoms with Crippen LogP contribution in [0.3, 0.4) is 0 Å². The molecule has 0 saturated carbocycles. The number of rotatable bonds is 6. The van der Waals surface area contributed by atoms with Crippen molar-refractivity contribution in [2.24, 2.45) is 15.0 Å². The van der Waals surface area contributed by atoms with Gasteiger partial charge in [0.25, 0.3) is 0 Å². The van der Waals surface area contributed by atoms with Crippen molar-refractivity contribution in [3.8, 4) is 0 Å². The van der Waals surface area contributed by atoms with Crippen LogP contribution in [0.5, 0.6) is 0 Å². The Labute approximate surface area is 428 Å². The van der Waals surface area contributed by atoms with Crippen molar-refractivity contribution in [2.45, 2.75) is 38.5 Å². The highest BCUT2D eigenvalue weighted by molar-refractivity contribution is 9.11. The van der Waals surface area contributed by atoms with Crippen LogP contribution in [0.2, 0.25) is 0 Å². The van der Waals surface area contributed by atoms with E-state index in [2.05, 4.69) is 113 Å². The molecule has 0 unspecified atom stereocenters. The third-order valence-electron chi connectivity index (χ3n) is 10.7. The van der Waals surface area contributed by atoms with Gasteiger partial charge in [-0.2, -0.15) is 0 Å². The van der Waals surface area contributed by atoms with Gasteiger partial charge in [-0.3, -0.25) is 83.4 Å². The number of carboxylic acid groups (broad SMARTS) is 1. The lowest BCUT2D eigenvalue weighted by atomic mass is 10.2. The average Bonchev–Trinajstić information content (AvgIpc) is 4.23. The number of carbonyl (C=O) groups is 6. The predicted octanol–water partition coefficient (Wildman–Crippen LogP) is 5.20. The van der Waals surface area contributed by atoms with Crippen molar-refractivity contribution in [1.82, 2.24) is 45.0 Å². The van der Waals surface area contributed by atoms with Gasteiger partial charge in [-0.05, 0) is 84.2 Å². The fourth-order valence-electron chi connectivity index (χ4n) is 7.35. The number of esters is 2. The summed E-state index contributed by atoms with van der Waals surface area (Å²) in [5.41, 5.74) is 6.82. The average molecular weight is 1160 g/mol. The van der Waals surface area contributed by atoms with Crippen molar-refractivity contribution >= 4 is 151 Å². The first-order valence-electron chi connectivity index (χ1n) is 21.8.